The minimum absolute atomic E-state index is 0.107. The molecule has 0 aliphatic heterocycles. The van der Waals surface area contributed by atoms with Gasteiger partial charge in [0.25, 0.3) is 0 Å². The Balaban J connectivity index is 1.08. The summed E-state index contributed by atoms with van der Waals surface area (Å²) >= 11 is 0. The first-order chi connectivity index (χ1) is 27.0. The van der Waals surface area contributed by atoms with Crippen LogP contribution in [-0.2, 0) is 5.41 Å². The van der Waals surface area contributed by atoms with Crippen molar-refractivity contribution < 1.29 is 4.42 Å². The molecule has 0 saturated heterocycles. The lowest BCUT2D eigenvalue weighted by molar-refractivity contribution is 0.660. The fraction of sp³-hybridized carbons (Fsp3) is 0.0566. The van der Waals surface area contributed by atoms with Crippen LogP contribution in [0.2, 0.25) is 0 Å². The summed E-state index contributed by atoms with van der Waals surface area (Å²) < 4.78 is 6.25. The van der Waals surface area contributed by atoms with Crippen LogP contribution in [0.1, 0.15) is 25.0 Å². The summed E-state index contributed by atoms with van der Waals surface area (Å²) in [4.78, 5) is 2.45. The second kappa shape index (κ2) is 12.1. The smallest absolute Gasteiger partial charge is 0.136 e. The van der Waals surface area contributed by atoms with Gasteiger partial charge in [-0.2, -0.15) is 0 Å². The molecule has 11 rings (SSSR count). The summed E-state index contributed by atoms with van der Waals surface area (Å²) in [6.07, 6.45) is 0. The third-order valence-corrected chi connectivity index (χ3v) is 11.8. The van der Waals surface area contributed by atoms with Crippen molar-refractivity contribution in [2.45, 2.75) is 19.3 Å². The van der Waals surface area contributed by atoms with Crippen LogP contribution in [0.15, 0.2) is 192 Å². The maximum Gasteiger partial charge on any atom is 0.136 e. The standard InChI is InChI=1S/C53H37NO/c1-53(2)46-20-7-5-16-44(46)52-47(53)21-11-22-48(52)54(40-15-9-14-37(33-40)38-25-24-34-12-3-4-13-36(34)32-38)39-28-26-35(27-29-39)41-18-10-19-43-42(41)30-31-50-51(43)45-17-6-8-23-49(45)55-50/h3-33H,1-2H3. The van der Waals surface area contributed by atoms with E-state index in [1.807, 2.05) is 6.07 Å². The molecule has 0 fully saturated rings. The van der Waals surface area contributed by atoms with Gasteiger partial charge in [-0.05, 0) is 109 Å². The first kappa shape index (κ1) is 31.6. The van der Waals surface area contributed by atoms with Crippen molar-refractivity contribution in [3.8, 4) is 33.4 Å². The predicted molar refractivity (Wildman–Crippen MR) is 232 cm³/mol. The summed E-state index contributed by atoms with van der Waals surface area (Å²) in [7, 11) is 0. The van der Waals surface area contributed by atoms with Crippen LogP contribution >= 0.6 is 0 Å². The third kappa shape index (κ3) is 4.88. The molecule has 1 aliphatic carbocycles. The second-order valence-corrected chi connectivity index (χ2v) is 15.3. The molecule has 0 N–H and O–H groups in total. The van der Waals surface area contributed by atoms with Gasteiger partial charge in [-0.3, -0.25) is 0 Å². The Labute approximate surface area is 320 Å². The minimum atomic E-state index is -0.107. The van der Waals surface area contributed by atoms with Crippen LogP contribution < -0.4 is 4.90 Å². The highest BCUT2D eigenvalue weighted by Gasteiger charge is 2.37. The SMILES string of the molecule is CC1(C)c2ccccc2-c2c(N(c3ccc(-c4cccc5c4ccc4oc6ccccc6c45)cc3)c3cccc(-c4ccc5ccccc5c4)c3)cccc21. The van der Waals surface area contributed by atoms with E-state index in [9.17, 15) is 0 Å². The monoisotopic (exact) mass is 703 g/mol. The number of furan rings is 1. The van der Waals surface area contributed by atoms with E-state index in [1.165, 1.54) is 77.1 Å². The largest absolute Gasteiger partial charge is 0.456 e. The Morgan fingerprint density at radius 3 is 2.02 bits per heavy atom. The van der Waals surface area contributed by atoms with Crippen LogP contribution in [0.5, 0.6) is 0 Å². The Kier molecular flexibility index (Phi) is 6.93. The number of hydrogen-bond acceptors (Lipinski definition) is 2. The number of rotatable bonds is 5. The van der Waals surface area contributed by atoms with E-state index >= 15 is 0 Å². The van der Waals surface area contributed by atoms with Crippen molar-refractivity contribution >= 4 is 60.5 Å². The maximum absolute atomic E-state index is 6.25. The van der Waals surface area contributed by atoms with E-state index in [-0.39, 0.29) is 5.41 Å². The molecule has 0 radical (unpaired) electrons. The lowest BCUT2D eigenvalue weighted by Gasteiger charge is -2.29. The summed E-state index contributed by atoms with van der Waals surface area (Å²) in [5.41, 5.74) is 15.2. The molecule has 0 saturated carbocycles. The lowest BCUT2D eigenvalue weighted by atomic mass is 9.82. The Morgan fingerprint density at radius 1 is 0.418 bits per heavy atom. The van der Waals surface area contributed by atoms with Crippen LogP contribution in [0.25, 0.3) is 76.9 Å². The third-order valence-electron chi connectivity index (χ3n) is 11.8. The highest BCUT2D eigenvalue weighted by atomic mass is 16.3. The van der Waals surface area contributed by atoms with E-state index in [2.05, 4.69) is 201 Å². The zero-order valence-electron chi connectivity index (χ0n) is 30.8. The van der Waals surface area contributed by atoms with Crippen LogP contribution in [-0.4, -0.2) is 0 Å². The summed E-state index contributed by atoms with van der Waals surface area (Å²) in [5, 5.41) is 7.24. The van der Waals surface area contributed by atoms with E-state index in [0.29, 0.717) is 0 Å². The molecule has 0 amide bonds. The average Bonchev–Trinajstić information content (AvgIpc) is 3.74. The maximum atomic E-state index is 6.25. The fourth-order valence-corrected chi connectivity index (χ4v) is 9.17. The molecule has 0 atom stereocenters. The van der Waals surface area contributed by atoms with Gasteiger partial charge in [-0.1, -0.05) is 153 Å². The molecular formula is C53H37NO. The lowest BCUT2D eigenvalue weighted by Crippen LogP contribution is -2.16. The van der Waals surface area contributed by atoms with Crippen LogP contribution in [0, 0.1) is 0 Å². The summed E-state index contributed by atoms with van der Waals surface area (Å²) in [6.45, 7) is 4.70. The molecule has 2 nitrogen and oxygen atoms in total. The van der Waals surface area contributed by atoms with Crippen molar-refractivity contribution in [1.82, 2.24) is 0 Å². The second-order valence-electron chi connectivity index (χ2n) is 15.3. The number of hydrogen-bond donors (Lipinski definition) is 0. The normalized spacial score (nSPS) is 13.1. The molecule has 1 aromatic heterocycles. The topological polar surface area (TPSA) is 16.4 Å². The highest BCUT2D eigenvalue weighted by molar-refractivity contribution is 6.21. The van der Waals surface area contributed by atoms with Crippen molar-refractivity contribution in [3.05, 3.63) is 199 Å². The first-order valence-corrected chi connectivity index (χ1v) is 19.1. The number of para-hydroxylation sites is 1. The van der Waals surface area contributed by atoms with Gasteiger partial charge in [0, 0.05) is 33.1 Å². The molecule has 0 unspecified atom stereocenters. The van der Waals surface area contributed by atoms with Gasteiger partial charge in [0.1, 0.15) is 11.2 Å². The number of fused-ring (bicyclic) bond motifs is 9. The van der Waals surface area contributed by atoms with Gasteiger partial charge in [-0.25, -0.2) is 0 Å². The molecule has 1 aliphatic rings. The zero-order chi connectivity index (χ0) is 36.7. The van der Waals surface area contributed by atoms with Crippen molar-refractivity contribution in [2.24, 2.45) is 0 Å². The quantitative estimate of drug-likeness (QED) is 0.177. The molecule has 0 spiro atoms. The number of benzene rings is 9. The molecule has 55 heavy (non-hydrogen) atoms. The minimum Gasteiger partial charge on any atom is -0.456 e. The molecule has 10 aromatic rings. The van der Waals surface area contributed by atoms with Gasteiger partial charge in [0.15, 0.2) is 0 Å². The molecule has 2 heteroatoms. The molecule has 260 valence electrons. The Hall–Kier alpha value is -6.90. The van der Waals surface area contributed by atoms with Crippen molar-refractivity contribution in [1.29, 1.82) is 0 Å². The van der Waals surface area contributed by atoms with E-state index in [0.717, 1.165) is 27.9 Å². The Morgan fingerprint density at radius 2 is 1.11 bits per heavy atom. The molecular weight excluding hydrogens is 667 g/mol. The van der Waals surface area contributed by atoms with Gasteiger partial charge in [0.05, 0.1) is 5.69 Å². The van der Waals surface area contributed by atoms with Crippen LogP contribution in [0.4, 0.5) is 17.1 Å². The van der Waals surface area contributed by atoms with E-state index in [4.69, 9.17) is 4.42 Å². The number of anilines is 3. The predicted octanol–water partition coefficient (Wildman–Crippen LogP) is 15.0. The summed E-state index contributed by atoms with van der Waals surface area (Å²) in [6, 6.07) is 68.5. The van der Waals surface area contributed by atoms with Crippen molar-refractivity contribution in [3.63, 3.8) is 0 Å². The fourth-order valence-electron chi connectivity index (χ4n) is 9.17. The number of nitrogens with zero attached hydrogens (tertiary/aromatic N) is 1. The zero-order valence-corrected chi connectivity index (χ0v) is 30.8. The van der Waals surface area contributed by atoms with Gasteiger partial charge < -0.3 is 9.32 Å². The van der Waals surface area contributed by atoms with Crippen molar-refractivity contribution in [2.75, 3.05) is 4.90 Å². The van der Waals surface area contributed by atoms with Gasteiger partial charge >= 0.3 is 0 Å². The summed E-state index contributed by atoms with van der Waals surface area (Å²) in [5.74, 6) is 0. The molecule has 1 heterocycles. The Bertz CT molecular complexity index is 3130. The average molecular weight is 704 g/mol. The van der Waals surface area contributed by atoms with Gasteiger partial charge in [-0.15, -0.1) is 0 Å². The first-order valence-electron chi connectivity index (χ1n) is 19.1. The van der Waals surface area contributed by atoms with E-state index < -0.39 is 0 Å². The van der Waals surface area contributed by atoms with Crippen LogP contribution in [0.3, 0.4) is 0 Å². The van der Waals surface area contributed by atoms with E-state index in [1.54, 1.807) is 0 Å². The molecule has 9 aromatic carbocycles. The molecule has 0 bridgehead atoms. The highest BCUT2D eigenvalue weighted by Crippen LogP contribution is 2.54. The van der Waals surface area contributed by atoms with Gasteiger partial charge in [0.2, 0.25) is 0 Å².